The maximum absolute atomic E-state index is 12.4. The summed E-state index contributed by atoms with van der Waals surface area (Å²) in [4.78, 5) is 24.4. The molecule has 1 amide bonds. The van der Waals surface area contributed by atoms with Gasteiger partial charge >= 0.3 is 0 Å². The first-order valence-corrected chi connectivity index (χ1v) is 8.09. The predicted molar refractivity (Wildman–Crippen MR) is 93.8 cm³/mol. The number of anilines is 1. The maximum Gasteiger partial charge on any atom is 0.269 e. The van der Waals surface area contributed by atoms with Crippen LogP contribution in [0, 0.1) is 13.7 Å². The van der Waals surface area contributed by atoms with Gasteiger partial charge in [-0.2, -0.15) is 0 Å². The molecule has 0 saturated heterocycles. The summed E-state index contributed by atoms with van der Waals surface area (Å²) >= 11 is 2.15. The topological polar surface area (TPSA) is 72.7 Å². The Hall–Kier alpha value is -2.16. The van der Waals surface area contributed by atoms with Gasteiger partial charge in [0.2, 0.25) is 0 Å². The fraction of sp³-hybridized carbons (Fsp3) is 0.188. The lowest BCUT2D eigenvalue weighted by Gasteiger charge is -2.17. The van der Waals surface area contributed by atoms with Crippen molar-refractivity contribution in [2.24, 2.45) is 0 Å². The van der Waals surface area contributed by atoms with Crippen molar-refractivity contribution >= 4 is 39.9 Å². The van der Waals surface area contributed by atoms with E-state index < -0.39 is 4.92 Å². The van der Waals surface area contributed by atoms with Gasteiger partial charge in [0.05, 0.1) is 8.49 Å². The quantitative estimate of drug-likeness (QED) is 0.430. The summed E-state index contributed by atoms with van der Waals surface area (Å²) in [6, 6.07) is 12.1. The minimum Gasteiger partial charge on any atom is -0.483 e. The van der Waals surface area contributed by atoms with E-state index in [0.717, 1.165) is 14.8 Å². The minimum absolute atomic E-state index is 0.0492. The predicted octanol–water partition coefficient (Wildman–Crippen LogP) is 3.17. The van der Waals surface area contributed by atoms with E-state index in [9.17, 15) is 14.9 Å². The Morgan fingerprint density at radius 1 is 1.30 bits per heavy atom. The lowest BCUT2D eigenvalue weighted by Crippen LogP contribution is -2.33. The number of benzene rings is 2. The van der Waals surface area contributed by atoms with Gasteiger partial charge in [0.1, 0.15) is 5.75 Å². The Morgan fingerprint density at radius 2 is 2.09 bits per heavy atom. The molecule has 6 nitrogen and oxygen atoms in total. The van der Waals surface area contributed by atoms with E-state index in [4.69, 9.17) is 4.74 Å². The highest BCUT2D eigenvalue weighted by Crippen LogP contribution is 2.31. The molecular formula is C16H13IN2O4. The average Bonchev–Trinajstić information content (AvgIpc) is 2.97. The molecule has 1 aliphatic heterocycles. The molecular weight excluding hydrogens is 411 g/mol. The van der Waals surface area contributed by atoms with Crippen LogP contribution in [-0.4, -0.2) is 24.0 Å². The highest BCUT2D eigenvalue weighted by Gasteiger charge is 2.26. The largest absolute Gasteiger partial charge is 0.483 e. The van der Waals surface area contributed by atoms with Crippen molar-refractivity contribution in [3.8, 4) is 5.75 Å². The molecule has 0 unspecified atom stereocenters. The molecule has 0 atom stereocenters. The number of para-hydroxylation sites is 1. The number of nitro groups is 1. The van der Waals surface area contributed by atoms with Crippen LogP contribution in [0.15, 0.2) is 42.5 Å². The Kier molecular flexibility index (Phi) is 4.46. The zero-order valence-corrected chi connectivity index (χ0v) is 14.2. The number of nitro benzene ring substituents is 1. The van der Waals surface area contributed by atoms with E-state index in [1.165, 1.54) is 12.1 Å². The molecule has 7 heteroatoms. The molecule has 118 valence electrons. The SMILES string of the molecule is O=C(COc1ccccc1I)N1CCc2cc([N+](=O)[O-])ccc21. The molecule has 1 aliphatic rings. The number of nitrogens with zero attached hydrogens (tertiary/aromatic N) is 2. The smallest absolute Gasteiger partial charge is 0.269 e. The Labute approximate surface area is 146 Å². The van der Waals surface area contributed by atoms with Gasteiger partial charge in [0.15, 0.2) is 6.61 Å². The minimum atomic E-state index is -0.425. The first-order valence-electron chi connectivity index (χ1n) is 7.01. The Bertz CT molecular complexity index is 778. The molecule has 2 aromatic rings. The number of hydrogen-bond donors (Lipinski definition) is 0. The zero-order chi connectivity index (χ0) is 16.4. The number of fused-ring (bicyclic) bond motifs is 1. The highest BCUT2D eigenvalue weighted by atomic mass is 127. The zero-order valence-electron chi connectivity index (χ0n) is 12.1. The monoisotopic (exact) mass is 424 g/mol. The third-order valence-corrected chi connectivity index (χ3v) is 4.55. The van der Waals surface area contributed by atoms with Crippen molar-refractivity contribution < 1.29 is 14.5 Å². The third kappa shape index (κ3) is 3.29. The van der Waals surface area contributed by atoms with Crippen LogP contribution in [0.3, 0.4) is 0 Å². The van der Waals surface area contributed by atoms with Gasteiger partial charge < -0.3 is 9.64 Å². The normalized spacial score (nSPS) is 12.8. The van der Waals surface area contributed by atoms with Crippen LogP contribution >= 0.6 is 22.6 Å². The van der Waals surface area contributed by atoms with Crippen molar-refractivity contribution in [1.29, 1.82) is 0 Å². The molecule has 0 aliphatic carbocycles. The molecule has 0 N–H and O–H groups in total. The van der Waals surface area contributed by atoms with Crippen molar-refractivity contribution in [1.82, 2.24) is 0 Å². The van der Waals surface area contributed by atoms with Gasteiger partial charge in [-0.3, -0.25) is 14.9 Å². The van der Waals surface area contributed by atoms with Gasteiger partial charge in [-0.05, 0) is 52.8 Å². The first-order chi connectivity index (χ1) is 11.1. The maximum atomic E-state index is 12.4. The second-order valence-corrected chi connectivity index (χ2v) is 6.25. The van der Waals surface area contributed by atoms with Crippen molar-refractivity contribution in [3.05, 3.63) is 61.7 Å². The number of non-ortho nitro benzene ring substituents is 1. The summed E-state index contributed by atoms with van der Waals surface area (Å²) in [7, 11) is 0. The van der Waals surface area contributed by atoms with Gasteiger partial charge in [-0.15, -0.1) is 0 Å². The number of carbonyl (C=O) groups excluding carboxylic acids is 1. The summed E-state index contributed by atoms with van der Waals surface area (Å²) in [5, 5.41) is 10.8. The summed E-state index contributed by atoms with van der Waals surface area (Å²) in [5.41, 5.74) is 1.60. The van der Waals surface area contributed by atoms with Crippen LogP contribution in [0.4, 0.5) is 11.4 Å². The Morgan fingerprint density at radius 3 is 2.83 bits per heavy atom. The molecule has 3 rings (SSSR count). The molecule has 0 bridgehead atoms. The van der Waals surface area contributed by atoms with Crippen molar-refractivity contribution in [2.75, 3.05) is 18.1 Å². The number of rotatable bonds is 4. The summed E-state index contributed by atoms with van der Waals surface area (Å²) in [5.74, 6) is 0.516. The molecule has 0 aromatic heterocycles. The summed E-state index contributed by atoms with van der Waals surface area (Å²) < 4.78 is 6.52. The standard InChI is InChI=1S/C16H13IN2O4/c17-13-3-1-2-4-15(13)23-10-16(20)18-8-7-11-9-12(19(21)22)5-6-14(11)18/h1-6,9H,7-8,10H2. The van der Waals surface area contributed by atoms with Crippen LogP contribution in [0.25, 0.3) is 0 Å². The first kappa shape index (κ1) is 15.7. The van der Waals surface area contributed by atoms with E-state index in [0.29, 0.717) is 18.7 Å². The lowest BCUT2D eigenvalue weighted by atomic mass is 10.1. The molecule has 0 saturated carbocycles. The van der Waals surface area contributed by atoms with Crippen LogP contribution in [0.1, 0.15) is 5.56 Å². The average molecular weight is 424 g/mol. The van der Waals surface area contributed by atoms with Crippen LogP contribution in [-0.2, 0) is 11.2 Å². The molecule has 2 aromatic carbocycles. The van der Waals surface area contributed by atoms with Gasteiger partial charge in [-0.1, -0.05) is 12.1 Å². The number of hydrogen-bond acceptors (Lipinski definition) is 4. The molecule has 0 fully saturated rings. The van der Waals surface area contributed by atoms with Crippen molar-refractivity contribution in [3.63, 3.8) is 0 Å². The van der Waals surface area contributed by atoms with Crippen molar-refractivity contribution in [2.45, 2.75) is 6.42 Å². The lowest BCUT2D eigenvalue weighted by molar-refractivity contribution is -0.384. The Balaban J connectivity index is 1.71. The van der Waals surface area contributed by atoms with Gasteiger partial charge in [-0.25, -0.2) is 0 Å². The second kappa shape index (κ2) is 6.53. The fourth-order valence-corrected chi connectivity index (χ4v) is 3.08. The van der Waals surface area contributed by atoms with Crippen LogP contribution in [0.2, 0.25) is 0 Å². The van der Waals surface area contributed by atoms with Crippen LogP contribution < -0.4 is 9.64 Å². The van der Waals surface area contributed by atoms with Gasteiger partial charge in [0.25, 0.3) is 11.6 Å². The van der Waals surface area contributed by atoms with Crippen LogP contribution in [0.5, 0.6) is 5.75 Å². The third-order valence-electron chi connectivity index (χ3n) is 3.66. The molecule has 1 heterocycles. The summed E-state index contributed by atoms with van der Waals surface area (Å²) in [6.07, 6.45) is 0.617. The number of halogens is 1. The number of ether oxygens (including phenoxy) is 1. The summed E-state index contributed by atoms with van der Waals surface area (Å²) in [6.45, 7) is 0.459. The number of carbonyl (C=O) groups is 1. The second-order valence-electron chi connectivity index (χ2n) is 5.08. The fourth-order valence-electron chi connectivity index (χ4n) is 2.54. The van der Waals surface area contributed by atoms with E-state index in [1.807, 2.05) is 24.3 Å². The van der Waals surface area contributed by atoms with E-state index in [1.54, 1.807) is 11.0 Å². The highest BCUT2D eigenvalue weighted by molar-refractivity contribution is 14.1. The molecule has 23 heavy (non-hydrogen) atoms. The van der Waals surface area contributed by atoms with E-state index >= 15 is 0 Å². The molecule has 0 spiro atoms. The number of amides is 1. The molecule has 0 radical (unpaired) electrons. The van der Waals surface area contributed by atoms with Gasteiger partial charge in [0, 0.05) is 24.4 Å². The van der Waals surface area contributed by atoms with E-state index in [2.05, 4.69) is 22.6 Å². The van der Waals surface area contributed by atoms with E-state index in [-0.39, 0.29) is 18.2 Å².